The normalized spacial score (nSPS) is 14.4. The fraction of sp³-hybridized carbons (Fsp3) is 0.478. The third-order valence-electron chi connectivity index (χ3n) is 4.95. The monoisotopic (exact) mass is 460 g/mol. The molecule has 174 valence electrons. The first kappa shape index (κ1) is 25.6. The van der Waals surface area contributed by atoms with Crippen LogP contribution in [0.3, 0.4) is 0 Å². The fourth-order valence-electron chi connectivity index (χ4n) is 3.13. The van der Waals surface area contributed by atoms with Gasteiger partial charge in [0.1, 0.15) is 5.03 Å². The molecule has 2 heterocycles. The molecule has 0 bridgehead atoms. The van der Waals surface area contributed by atoms with E-state index in [0.717, 1.165) is 48.4 Å². The largest absolute Gasteiger partial charge is 0.478 e. The van der Waals surface area contributed by atoms with Gasteiger partial charge in [-0.05, 0) is 25.3 Å². The lowest BCUT2D eigenvalue weighted by Crippen LogP contribution is -2.45. The van der Waals surface area contributed by atoms with Crippen LogP contribution in [0.1, 0.15) is 32.6 Å². The van der Waals surface area contributed by atoms with Gasteiger partial charge in [0.25, 0.3) is 0 Å². The summed E-state index contributed by atoms with van der Waals surface area (Å²) in [5, 5.41) is 18.0. The number of carboxylic acids is 2. The van der Waals surface area contributed by atoms with E-state index in [1.807, 2.05) is 11.8 Å². The Bertz CT molecular complexity index is 898. The zero-order valence-corrected chi connectivity index (χ0v) is 19.6. The molecule has 1 aromatic heterocycles. The first-order valence-electron chi connectivity index (χ1n) is 10.9. The van der Waals surface area contributed by atoms with Crippen LogP contribution in [-0.4, -0.2) is 76.0 Å². The van der Waals surface area contributed by atoms with Crippen molar-refractivity contribution >= 4 is 40.6 Å². The van der Waals surface area contributed by atoms with Gasteiger partial charge in [0.15, 0.2) is 0 Å². The number of anilines is 1. The molecule has 0 aliphatic carbocycles. The van der Waals surface area contributed by atoms with Gasteiger partial charge in [0.05, 0.1) is 5.52 Å². The van der Waals surface area contributed by atoms with Gasteiger partial charge in [-0.2, -0.15) is 0 Å². The maximum atomic E-state index is 9.55. The number of aliphatic carboxylic acids is 2. The molecular formula is C23H32N4O4S. The first-order chi connectivity index (χ1) is 15.4. The average Bonchev–Trinajstić information content (AvgIpc) is 2.78. The molecule has 1 saturated heterocycles. The van der Waals surface area contributed by atoms with E-state index in [4.69, 9.17) is 20.2 Å². The van der Waals surface area contributed by atoms with E-state index < -0.39 is 11.9 Å². The van der Waals surface area contributed by atoms with Crippen LogP contribution in [0.5, 0.6) is 0 Å². The highest BCUT2D eigenvalue weighted by atomic mass is 32.2. The summed E-state index contributed by atoms with van der Waals surface area (Å²) < 4.78 is 0. The van der Waals surface area contributed by atoms with Gasteiger partial charge in [-0.25, -0.2) is 19.6 Å². The summed E-state index contributed by atoms with van der Waals surface area (Å²) >= 11 is 1.89. The molecular weight excluding hydrogens is 428 g/mol. The number of hydrogen-bond acceptors (Lipinski definition) is 7. The summed E-state index contributed by atoms with van der Waals surface area (Å²) in [7, 11) is 2.18. The standard InChI is InChI=1S/C19H28N4S.C4H4O4/c1-3-4-5-8-15-24-18-16-9-6-7-10-17(16)20-19(21-18)23-13-11-22(2)12-14-23;5-3(6)1-2-4(7)8/h6-7,9-10H,3-5,8,11-15H2,1-2H3;1-2H,(H,5,6)(H,7,8). The van der Waals surface area contributed by atoms with Gasteiger partial charge < -0.3 is 20.0 Å². The van der Waals surface area contributed by atoms with Crippen LogP contribution in [0.15, 0.2) is 41.4 Å². The van der Waals surface area contributed by atoms with Gasteiger partial charge in [0.2, 0.25) is 5.95 Å². The third-order valence-corrected chi connectivity index (χ3v) is 6.03. The predicted molar refractivity (Wildman–Crippen MR) is 129 cm³/mol. The Morgan fingerprint density at radius 3 is 2.28 bits per heavy atom. The van der Waals surface area contributed by atoms with Gasteiger partial charge >= 0.3 is 11.9 Å². The quantitative estimate of drug-likeness (QED) is 0.250. The number of fused-ring (bicyclic) bond motifs is 1. The van der Waals surface area contributed by atoms with Crippen LogP contribution in [0.25, 0.3) is 10.9 Å². The summed E-state index contributed by atoms with van der Waals surface area (Å²) in [6.45, 7) is 6.43. The SMILES string of the molecule is CCCCCCSc1nc(N2CCN(C)CC2)nc2ccccc12.O=C(O)C=CC(=O)O. The van der Waals surface area contributed by atoms with Crippen molar-refractivity contribution in [1.29, 1.82) is 0 Å². The number of unbranched alkanes of at least 4 members (excludes halogenated alkanes) is 3. The molecule has 2 aromatic rings. The fourth-order valence-corrected chi connectivity index (χ4v) is 4.15. The second-order valence-electron chi connectivity index (χ2n) is 7.56. The number of para-hydroxylation sites is 1. The molecule has 3 rings (SSSR count). The maximum absolute atomic E-state index is 9.55. The van der Waals surface area contributed by atoms with Crippen LogP contribution in [0.4, 0.5) is 5.95 Å². The number of rotatable bonds is 9. The van der Waals surface area contributed by atoms with Crippen LogP contribution >= 0.6 is 11.8 Å². The number of piperazine rings is 1. The maximum Gasteiger partial charge on any atom is 0.328 e. The summed E-state index contributed by atoms with van der Waals surface area (Å²) in [4.78, 5) is 33.5. The zero-order valence-electron chi connectivity index (χ0n) is 18.7. The molecule has 0 unspecified atom stereocenters. The van der Waals surface area contributed by atoms with Gasteiger partial charge in [-0.15, -0.1) is 11.8 Å². The molecule has 1 aliphatic rings. The number of likely N-dealkylation sites (N-methyl/N-ethyl adjacent to an activating group) is 1. The second kappa shape index (κ2) is 13.7. The van der Waals surface area contributed by atoms with Gasteiger partial charge in [-0.1, -0.05) is 44.4 Å². The van der Waals surface area contributed by atoms with Crippen LogP contribution < -0.4 is 4.90 Å². The Hall–Kier alpha value is -2.65. The number of thioether (sulfide) groups is 1. The van der Waals surface area contributed by atoms with Crippen molar-refractivity contribution in [3.63, 3.8) is 0 Å². The molecule has 2 N–H and O–H groups in total. The number of carbonyl (C=O) groups is 2. The summed E-state index contributed by atoms with van der Waals surface area (Å²) in [6, 6.07) is 8.41. The molecule has 1 aromatic carbocycles. The van der Waals surface area contributed by atoms with E-state index in [1.54, 1.807) is 0 Å². The Labute approximate surface area is 193 Å². The van der Waals surface area contributed by atoms with Gasteiger partial charge in [0, 0.05) is 43.7 Å². The van der Waals surface area contributed by atoms with Crippen molar-refractivity contribution in [2.45, 2.75) is 37.6 Å². The van der Waals surface area contributed by atoms with Crippen LogP contribution in [-0.2, 0) is 9.59 Å². The number of aromatic nitrogens is 2. The predicted octanol–water partition coefficient (Wildman–Crippen LogP) is 3.77. The lowest BCUT2D eigenvalue weighted by atomic mass is 10.2. The summed E-state index contributed by atoms with van der Waals surface area (Å²) in [6.07, 6.45) is 6.31. The minimum absolute atomic E-state index is 0.558. The second-order valence-corrected chi connectivity index (χ2v) is 8.64. The molecule has 9 heteroatoms. The van der Waals surface area contributed by atoms with E-state index in [-0.39, 0.29) is 0 Å². The zero-order chi connectivity index (χ0) is 23.3. The number of benzene rings is 1. The molecule has 8 nitrogen and oxygen atoms in total. The van der Waals surface area contributed by atoms with Crippen molar-refractivity contribution in [3.8, 4) is 0 Å². The first-order valence-corrected chi connectivity index (χ1v) is 11.9. The molecule has 1 aliphatic heterocycles. The van der Waals surface area contributed by atoms with Crippen molar-refractivity contribution < 1.29 is 19.8 Å². The number of carboxylic acid groups (broad SMARTS) is 2. The molecule has 0 radical (unpaired) electrons. The molecule has 0 amide bonds. The summed E-state index contributed by atoms with van der Waals surface area (Å²) in [5.74, 6) is -0.471. The molecule has 0 spiro atoms. The van der Waals surface area contributed by atoms with E-state index in [0.29, 0.717) is 12.2 Å². The van der Waals surface area contributed by atoms with E-state index >= 15 is 0 Å². The molecule has 0 atom stereocenters. The lowest BCUT2D eigenvalue weighted by molar-refractivity contribution is -0.134. The minimum Gasteiger partial charge on any atom is -0.478 e. The number of nitrogens with zero attached hydrogens (tertiary/aromatic N) is 4. The Morgan fingerprint density at radius 2 is 1.66 bits per heavy atom. The Balaban J connectivity index is 0.000000390. The van der Waals surface area contributed by atoms with Crippen molar-refractivity contribution in [2.24, 2.45) is 0 Å². The topological polar surface area (TPSA) is 107 Å². The van der Waals surface area contributed by atoms with Crippen molar-refractivity contribution in [2.75, 3.05) is 43.9 Å². The van der Waals surface area contributed by atoms with Crippen LogP contribution in [0, 0.1) is 0 Å². The smallest absolute Gasteiger partial charge is 0.328 e. The molecule has 32 heavy (non-hydrogen) atoms. The van der Waals surface area contributed by atoms with Crippen molar-refractivity contribution in [1.82, 2.24) is 14.9 Å². The minimum atomic E-state index is -1.26. The van der Waals surface area contributed by atoms with Crippen LogP contribution in [0.2, 0.25) is 0 Å². The summed E-state index contributed by atoms with van der Waals surface area (Å²) in [5.41, 5.74) is 1.07. The highest BCUT2D eigenvalue weighted by Crippen LogP contribution is 2.28. The van der Waals surface area contributed by atoms with E-state index in [9.17, 15) is 9.59 Å². The van der Waals surface area contributed by atoms with Crippen molar-refractivity contribution in [3.05, 3.63) is 36.4 Å². The van der Waals surface area contributed by atoms with Gasteiger partial charge in [-0.3, -0.25) is 0 Å². The Kier molecular flexibility index (Phi) is 11.0. The highest BCUT2D eigenvalue weighted by Gasteiger charge is 2.18. The Morgan fingerprint density at radius 1 is 1.00 bits per heavy atom. The van der Waals surface area contributed by atoms with E-state index in [1.165, 1.54) is 31.1 Å². The highest BCUT2D eigenvalue weighted by molar-refractivity contribution is 7.99. The average molecular weight is 461 g/mol. The van der Waals surface area contributed by atoms with E-state index in [2.05, 4.69) is 48.0 Å². The third kappa shape index (κ3) is 8.84. The number of hydrogen-bond donors (Lipinski definition) is 2. The molecule has 0 saturated carbocycles. The molecule has 1 fully saturated rings. The lowest BCUT2D eigenvalue weighted by Gasteiger charge is -2.32.